The van der Waals surface area contributed by atoms with Crippen molar-refractivity contribution in [2.45, 2.75) is 18.8 Å². The van der Waals surface area contributed by atoms with Crippen molar-refractivity contribution in [3.05, 3.63) is 29.7 Å². The van der Waals surface area contributed by atoms with E-state index in [4.69, 9.17) is 0 Å². The summed E-state index contributed by atoms with van der Waals surface area (Å²) < 4.78 is 0. The molecule has 0 aromatic carbocycles. The van der Waals surface area contributed by atoms with Gasteiger partial charge in [0.2, 0.25) is 0 Å². The predicted molar refractivity (Wildman–Crippen MR) is 57.1 cm³/mol. The SMILES string of the molecule is O=C(Nc1ccn[nH]1)c1cc(C2CC2)[nH]n1. The first-order valence-electron chi connectivity index (χ1n) is 5.19. The van der Waals surface area contributed by atoms with E-state index in [2.05, 4.69) is 25.7 Å². The fourth-order valence-electron chi connectivity index (χ4n) is 1.57. The molecule has 82 valence electrons. The van der Waals surface area contributed by atoms with Crippen molar-refractivity contribution in [2.24, 2.45) is 0 Å². The van der Waals surface area contributed by atoms with Crippen molar-refractivity contribution in [1.82, 2.24) is 20.4 Å². The highest BCUT2D eigenvalue weighted by Gasteiger charge is 2.26. The van der Waals surface area contributed by atoms with Gasteiger partial charge < -0.3 is 5.32 Å². The van der Waals surface area contributed by atoms with Gasteiger partial charge in [-0.3, -0.25) is 15.0 Å². The van der Waals surface area contributed by atoms with Crippen molar-refractivity contribution in [3.8, 4) is 0 Å². The zero-order chi connectivity index (χ0) is 11.0. The van der Waals surface area contributed by atoms with E-state index >= 15 is 0 Å². The summed E-state index contributed by atoms with van der Waals surface area (Å²) in [5.74, 6) is 0.912. The summed E-state index contributed by atoms with van der Waals surface area (Å²) in [6.45, 7) is 0. The molecule has 0 radical (unpaired) electrons. The monoisotopic (exact) mass is 217 g/mol. The summed E-state index contributed by atoms with van der Waals surface area (Å²) in [7, 11) is 0. The Morgan fingerprint density at radius 2 is 2.31 bits per heavy atom. The molecule has 1 aliphatic carbocycles. The minimum atomic E-state index is -0.229. The number of hydrogen-bond donors (Lipinski definition) is 3. The zero-order valence-electron chi connectivity index (χ0n) is 8.53. The molecular weight excluding hydrogens is 206 g/mol. The number of nitrogens with zero attached hydrogens (tertiary/aromatic N) is 2. The standard InChI is InChI=1S/C10H11N5O/c16-10(12-9-3-4-11-15-9)8-5-7(13-14-8)6-1-2-6/h3-6H,1-2H2,(H,13,14)(H2,11,12,15,16). The van der Waals surface area contributed by atoms with Gasteiger partial charge in [0.25, 0.3) is 5.91 Å². The average molecular weight is 217 g/mol. The van der Waals surface area contributed by atoms with E-state index in [1.165, 1.54) is 12.8 Å². The van der Waals surface area contributed by atoms with Crippen LogP contribution < -0.4 is 5.32 Å². The van der Waals surface area contributed by atoms with Crippen molar-refractivity contribution in [1.29, 1.82) is 0 Å². The Morgan fingerprint density at radius 1 is 1.44 bits per heavy atom. The number of aromatic amines is 2. The number of hydrogen-bond acceptors (Lipinski definition) is 3. The molecule has 0 unspecified atom stereocenters. The second kappa shape index (κ2) is 3.48. The second-order valence-electron chi connectivity index (χ2n) is 3.91. The predicted octanol–water partition coefficient (Wildman–Crippen LogP) is 1.26. The molecule has 2 aromatic heterocycles. The highest BCUT2D eigenvalue weighted by atomic mass is 16.2. The normalized spacial score (nSPS) is 15.0. The molecule has 2 heterocycles. The summed E-state index contributed by atoms with van der Waals surface area (Å²) in [5, 5.41) is 16.0. The van der Waals surface area contributed by atoms with Gasteiger partial charge in [0.15, 0.2) is 5.69 Å². The van der Waals surface area contributed by atoms with Crippen LogP contribution in [-0.4, -0.2) is 26.3 Å². The molecule has 0 spiro atoms. The summed E-state index contributed by atoms with van der Waals surface area (Å²) >= 11 is 0. The average Bonchev–Trinajstić information content (AvgIpc) is 2.82. The van der Waals surface area contributed by atoms with Crippen molar-refractivity contribution >= 4 is 11.7 Å². The fraction of sp³-hybridized carbons (Fsp3) is 0.300. The van der Waals surface area contributed by atoms with E-state index in [1.807, 2.05) is 6.07 Å². The number of rotatable bonds is 3. The first-order valence-corrected chi connectivity index (χ1v) is 5.19. The molecule has 2 aromatic rings. The quantitative estimate of drug-likeness (QED) is 0.723. The van der Waals surface area contributed by atoms with Gasteiger partial charge in [-0.2, -0.15) is 10.2 Å². The molecule has 6 heteroatoms. The van der Waals surface area contributed by atoms with Crippen LogP contribution in [0.15, 0.2) is 18.3 Å². The molecular formula is C10H11N5O. The third kappa shape index (κ3) is 1.69. The van der Waals surface area contributed by atoms with Gasteiger partial charge in [0.1, 0.15) is 5.82 Å². The minimum Gasteiger partial charge on any atom is -0.306 e. The number of anilines is 1. The van der Waals surface area contributed by atoms with Gasteiger partial charge in [-0.1, -0.05) is 0 Å². The highest BCUT2D eigenvalue weighted by molar-refractivity contribution is 6.02. The van der Waals surface area contributed by atoms with Crippen molar-refractivity contribution in [3.63, 3.8) is 0 Å². The lowest BCUT2D eigenvalue weighted by Crippen LogP contribution is -2.12. The summed E-state index contributed by atoms with van der Waals surface area (Å²) in [6, 6.07) is 3.50. The Bertz CT molecular complexity index is 497. The molecule has 3 rings (SSSR count). The topological polar surface area (TPSA) is 86.5 Å². The number of amides is 1. The second-order valence-corrected chi connectivity index (χ2v) is 3.91. The Morgan fingerprint density at radius 3 is 3.00 bits per heavy atom. The van der Waals surface area contributed by atoms with Crippen LogP contribution in [0.2, 0.25) is 0 Å². The van der Waals surface area contributed by atoms with Gasteiger partial charge in [-0.25, -0.2) is 0 Å². The lowest BCUT2D eigenvalue weighted by molar-refractivity contribution is 0.102. The van der Waals surface area contributed by atoms with E-state index < -0.39 is 0 Å². The number of carbonyl (C=O) groups is 1. The minimum absolute atomic E-state index is 0.229. The van der Waals surface area contributed by atoms with Crippen LogP contribution in [0.1, 0.15) is 34.9 Å². The van der Waals surface area contributed by atoms with E-state index in [0.29, 0.717) is 17.4 Å². The van der Waals surface area contributed by atoms with Crippen LogP contribution in [0.25, 0.3) is 0 Å². The van der Waals surface area contributed by atoms with E-state index in [-0.39, 0.29) is 5.91 Å². The van der Waals surface area contributed by atoms with Crippen LogP contribution in [-0.2, 0) is 0 Å². The summed E-state index contributed by atoms with van der Waals surface area (Å²) in [4.78, 5) is 11.7. The van der Waals surface area contributed by atoms with Crippen LogP contribution >= 0.6 is 0 Å². The first-order chi connectivity index (χ1) is 7.83. The number of H-pyrrole nitrogens is 2. The molecule has 16 heavy (non-hydrogen) atoms. The Hall–Kier alpha value is -2.11. The highest BCUT2D eigenvalue weighted by Crippen LogP contribution is 2.38. The van der Waals surface area contributed by atoms with Crippen LogP contribution in [0.3, 0.4) is 0 Å². The van der Waals surface area contributed by atoms with Gasteiger partial charge in [-0.05, 0) is 18.9 Å². The Labute approximate surface area is 91.4 Å². The van der Waals surface area contributed by atoms with Crippen molar-refractivity contribution < 1.29 is 4.79 Å². The fourth-order valence-corrected chi connectivity index (χ4v) is 1.57. The Balaban J connectivity index is 1.73. The lowest BCUT2D eigenvalue weighted by atomic mass is 10.2. The molecule has 1 fully saturated rings. The lowest BCUT2D eigenvalue weighted by Gasteiger charge is -1.97. The molecule has 0 bridgehead atoms. The zero-order valence-corrected chi connectivity index (χ0v) is 8.53. The van der Waals surface area contributed by atoms with E-state index in [9.17, 15) is 4.79 Å². The van der Waals surface area contributed by atoms with Gasteiger partial charge in [0, 0.05) is 17.7 Å². The third-order valence-corrected chi connectivity index (χ3v) is 2.60. The van der Waals surface area contributed by atoms with E-state index in [1.54, 1.807) is 12.3 Å². The molecule has 0 atom stereocenters. The van der Waals surface area contributed by atoms with Crippen LogP contribution in [0, 0.1) is 0 Å². The molecule has 6 nitrogen and oxygen atoms in total. The first kappa shape index (κ1) is 9.14. The maximum atomic E-state index is 11.7. The third-order valence-electron chi connectivity index (χ3n) is 2.60. The number of aromatic nitrogens is 4. The largest absolute Gasteiger partial charge is 0.306 e. The number of nitrogens with one attached hydrogen (secondary N) is 3. The molecule has 1 amide bonds. The van der Waals surface area contributed by atoms with E-state index in [0.717, 1.165) is 5.69 Å². The molecule has 3 N–H and O–H groups in total. The molecule has 0 aliphatic heterocycles. The van der Waals surface area contributed by atoms with Gasteiger partial charge in [-0.15, -0.1) is 0 Å². The van der Waals surface area contributed by atoms with Crippen LogP contribution in [0.4, 0.5) is 5.82 Å². The van der Waals surface area contributed by atoms with Crippen molar-refractivity contribution in [2.75, 3.05) is 5.32 Å². The van der Waals surface area contributed by atoms with Gasteiger partial charge in [0.05, 0.1) is 6.20 Å². The van der Waals surface area contributed by atoms with Crippen LogP contribution in [0.5, 0.6) is 0 Å². The summed E-state index contributed by atoms with van der Waals surface area (Å²) in [6.07, 6.45) is 3.95. The summed E-state index contributed by atoms with van der Waals surface area (Å²) in [5.41, 5.74) is 1.46. The number of carbonyl (C=O) groups excluding carboxylic acids is 1. The Kier molecular flexibility index (Phi) is 1.99. The molecule has 1 aliphatic rings. The smallest absolute Gasteiger partial charge is 0.277 e. The molecule has 0 saturated heterocycles. The molecule has 1 saturated carbocycles. The van der Waals surface area contributed by atoms with Gasteiger partial charge >= 0.3 is 0 Å². The maximum Gasteiger partial charge on any atom is 0.277 e. The maximum absolute atomic E-state index is 11.7.